The van der Waals surface area contributed by atoms with E-state index >= 15 is 0 Å². The van der Waals surface area contributed by atoms with Crippen LogP contribution >= 0.6 is 0 Å². The highest BCUT2D eigenvalue weighted by Gasteiger charge is 2.21. The molecule has 0 saturated carbocycles. The van der Waals surface area contributed by atoms with E-state index < -0.39 is 0 Å². The number of carbonyl (C=O) groups is 1. The molecule has 0 atom stereocenters. The third kappa shape index (κ3) is 4.58. The van der Waals surface area contributed by atoms with E-state index in [4.69, 9.17) is 5.73 Å². The van der Waals surface area contributed by atoms with Crippen LogP contribution in [0, 0.1) is 13.8 Å². The smallest absolute Gasteiger partial charge is 0.253 e. The number of anilines is 1. The second kappa shape index (κ2) is 9.62. The lowest BCUT2D eigenvalue weighted by Gasteiger charge is -2.34. The van der Waals surface area contributed by atoms with Crippen LogP contribution in [0.2, 0.25) is 0 Å². The van der Waals surface area contributed by atoms with Crippen molar-refractivity contribution < 1.29 is 4.79 Å². The van der Waals surface area contributed by atoms with Gasteiger partial charge in [-0.05, 0) is 79.8 Å². The number of nitrogens with two attached hydrogens (primary N) is 1. The summed E-state index contributed by atoms with van der Waals surface area (Å²) < 4.78 is 0. The van der Waals surface area contributed by atoms with Crippen LogP contribution in [0.25, 0.3) is 21.8 Å². The number of aromatic nitrogens is 2. The van der Waals surface area contributed by atoms with Crippen LogP contribution in [-0.2, 0) is 12.8 Å². The van der Waals surface area contributed by atoms with Crippen LogP contribution < -0.4 is 5.73 Å². The Kier molecular flexibility index (Phi) is 6.39. The van der Waals surface area contributed by atoms with Gasteiger partial charge in [0.2, 0.25) is 0 Å². The van der Waals surface area contributed by atoms with Crippen LogP contribution in [0.1, 0.15) is 39.5 Å². The van der Waals surface area contributed by atoms with Crippen LogP contribution in [-0.4, -0.2) is 58.4 Å². The van der Waals surface area contributed by atoms with Crippen molar-refractivity contribution in [3.05, 3.63) is 76.5 Å². The van der Waals surface area contributed by atoms with Gasteiger partial charge in [-0.3, -0.25) is 9.78 Å². The standard InChI is InChI=1S/C29H33N5O/c1-4-33-13-15-34(16-14-33)29(35)23-9-7-21(20(3)18-23)6-8-22-11-12-31-27-26(22)24-10-5-19(2)17-25(24)32-28(27)30/h5,7,9-12,17-18H,4,6,8,13-16H2,1-3H3,(H2,30,32). The molecule has 1 saturated heterocycles. The van der Waals surface area contributed by atoms with Gasteiger partial charge >= 0.3 is 0 Å². The molecule has 0 spiro atoms. The van der Waals surface area contributed by atoms with Gasteiger partial charge in [-0.2, -0.15) is 0 Å². The maximum Gasteiger partial charge on any atom is 0.253 e. The first-order valence-electron chi connectivity index (χ1n) is 12.5. The summed E-state index contributed by atoms with van der Waals surface area (Å²) >= 11 is 0. The Morgan fingerprint density at radius 3 is 2.49 bits per heavy atom. The number of nitrogen functional groups attached to an aromatic ring is 1. The van der Waals surface area contributed by atoms with Crippen molar-refractivity contribution in [3.63, 3.8) is 0 Å². The maximum atomic E-state index is 13.0. The number of hydrogen-bond acceptors (Lipinski definition) is 5. The lowest BCUT2D eigenvalue weighted by atomic mass is 9.95. The number of pyridine rings is 2. The molecule has 1 aliphatic heterocycles. The monoisotopic (exact) mass is 467 g/mol. The Morgan fingerprint density at radius 1 is 0.971 bits per heavy atom. The van der Waals surface area contributed by atoms with Crippen LogP contribution in [0.5, 0.6) is 0 Å². The topological polar surface area (TPSA) is 75.3 Å². The summed E-state index contributed by atoms with van der Waals surface area (Å²) in [5, 5.41) is 2.18. The van der Waals surface area contributed by atoms with E-state index in [0.717, 1.165) is 84.1 Å². The first-order valence-corrected chi connectivity index (χ1v) is 12.5. The molecule has 6 heteroatoms. The summed E-state index contributed by atoms with van der Waals surface area (Å²) in [6.45, 7) is 10.9. The summed E-state index contributed by atoms with van der Waals surface area (Å²) in [7, 11) is 0. The molecule has 2 N–H and O–H groups in total. The molecule has 3 heterocycles. The zero-order valence-electron chi connectivity index (χ0n) is 20.8. The minimum atomic E-state index is 0.139. The molecule has 1 fully saturated rings. The average Bonchev–Trinajstić information content (AvgIpc) is 2.87. The van der Waals surface area contributed by atoms with E-state index in [1.54, 1.807) is 0 Å². The van der Waals surface area contributed by atoms with Gasteiger partial charge in [-0.1, -0.05) is 25.1 Å². The molecular weight excluding hydrogens is 434 g/mol. The van der Waals surface area contributed by atoms with Crippen molar-refractivity contribution >= 4 is 33.5 Å². The van der Waals surface area contributed by atoms with Gasteiger partial charge in [0.05, 0.1) is 5.52 Å². The number of piperazine rings is 1. The maximum absolute atomic E-state index is 13.0. The van der Waals surface area contributed by atoms with E-state index in [9.17, 15) is 4.79 Å². The number of hydrogen-bond donors (Lipinski definition) is 1. The Hall–Kier alpha value is -3.51. The van der Waals surface area contributed by atoms with Gasteiger partial charge in [0.15, 0.2) is 5.82 Å². The van der Waals surface area contributed by atoms with Crippen molar-refractivity contribution in [1.29, 1.82) is 0 Å². The summed E-state index contributed by atoms with van der Waals surface area (Å²) in [4.78, 5) is 26.5. The lowest BCUT2D eigenvalue weighted by Crippen LogP contribution is -2.48. The molecule has 0 aliphatic carbocycles. The van der Waals surface area contributed by atoms with E-state index in [2.05, 4.69) is 72.0 Å². The third-order valence-corrected chi connectivity index (χ3v) is 7.30. The number of carbonyl (C=O) groups excluding carboxylic acids is 1. The molecular formula is C29H33N5O. The van der Waals surface area contributed by atoms with E-state index in [1.807, 2.05) is 17.2 Å². The second-order valence-corrected chi connectivity index (χ2v) is 9.58. The van der Waals surface area contributed by atoms with Gasteiger partial charge in [0, 0.05) is 48.7 Å². The van der Waals surface area contributed by atoms with Crippen molar-refractivity contribution in [3.8, 4) is 0 Å². The van der Waals surface area contributed by atoms with Gasteiger partial charge in [-0.25, -0.2) is 4.98 Å². The fraction of sp³-hybridized carbons (Fsp3) is 0.345. The molecule has 0 unspecified atom stereocenters. The van der Waals surface area contributed by atoms with Crippen molar-refractivity contribution in [2.75, 3.05) is 38.5 Å². The van der Waals surface area contributed by atoms with Gasteiger partial charge < -0.3 is 15.5 Å². The predicted octanol–water partition coefficient (Wildman–Crippen LogP) is 4.54. The minimum absolute atomic E-state index is 0.139. The van der Waals surface area contributed by atoms with E-state index in [-0.39, 0.29) is 5.91 Å². The molecule has 1 aliphatic rings. The van der Waals surface area contributed by atoms with Gasteiger partial charge in [-0.15, -0.1) is 0 Å². The number of likely N-dealkylation sites (N-methyl/N-ethyl adjacent to an activating group) is 1. The highest BCUT2D eigenvalue weighted by atomic mass is 16.2. The van der Waals surface area contributed by atoms with E-state index in [0.29, 0.717) is 5.82 Å². The number of aryl methyl sites for hydroxylation is 4. The predicted molar refractivity (Wildman–Crippen MR) is 143 cm³/mol. The van der Waals surface area contributed by atoms with Crippen LogP contribution in [0.4, 0.5) is 5.82 Å². The molecule has 1 amide bonds. The third-order valence-electron chi connectivity index (χ3n) is 7.30. The molecule has 0 radical (unpaired) electrons. The highest BCUT2D eigenvalue weighted by molar-refractivity contribution is 6.09. The molecule has 180 valence electrons. The van der Waals surface area contributed by atoms with Crippen molar-refractivity contribution in [2.24, 2.45) is 0 Å². The fourth-order valence-corrected chi connectivity index (χ4v) is 5.16. The molecule has 2 aromatic carbocycles. The highest BCUT2D eigenvalue weighted by Crippen LogP contribution is 2.30. The summed E-state index contributed by atoms with van der Waals surface area (Å²) in [5.74, 6) is 0.610. The summed E-state index contributed by atoms with van der Waals surface area (Å²) in [5.41, 5.74) is 13.5. The number of nitrogens with zero attached hydrogens (tertiary/aromatic N) is 4. The summed E-state index contributed by atoms with van der Waals surface area (Å²) in [6.07, 6.45) is 3.56. The van der Waals surface area contributed by atoms with Gasteiger partial charge in [0.1, 0.15) is 5.52 Å². The second-order valence-electron chi connectivity index (χ2n) is 9.58. The Labute approximate surface area is 206 Å². The first kappa shape index (κ1) is 23.2. The number of amides is 1. The molecule has 35 heavy (non-hydrogen) atoms. The number of rotatable bonds is 5. The van der Waals surface area contributed by atoms with E-state index in [1.165, 1.54) is 11.1 Å². The normalized spacial score (nSPS) is 14.7. The quantitative estimate of drug-likeness (QED) is 0.436. The molecule has 5 rings (SSSR count). The van der Waals surface area contributed by atoms with Crippen LogP contribution in [0.15, 0.2) is 48.7 Å². The molecule has 6 nitrogen and oxygen atoms in total. The minimum Gasteiger partial charge on any atom is -0.382 e. The SMILES string of the molecule is CCN1CCN(C(=O)c2ccc(CCc3ccnc4c(N)nc5cc(C)ccc5c34)c(C)c2)CC1. The Bertz CT molecular complexity index is 1410. The average molecular weight is 468 g/mol. The van der Waals surface area contributed by atoms with Crippen LogP contribution in [0.3, 0.4) is 0 Å². The largest absolute Gasteiger partial charge is 0.382 e. The number of benzene rings is 2. The lowest BCUT2D eigenvalue weighted by molar-refractivity contribution is 0.0643. The summed E-state index contributed by atoms with van der Waals surface area (Å²) in [6, 6.07) is 14.5. The van der Waals surface area contributed by atoms with Crippen molar-refractivity contribution in [2.45, 2.75) is 33.6 Å². The zero-order chi connectivity index (χ0) is 24.5. The molecule has 4 aromatic rings. The fourth-order valence-electron chi connectivity index (χ4n) is 5.16. The Balaban J connectivity index is 1.38. The number of fused-ring (bicyclic) bond motifs is 3. The molecule has 2 aromatic heterocycles. The molecule has 0 bridgehead atoms. The zero-order valence-corrected chi connectivity index (χ0v) is 20.8. The van der Waals surface area contributed by atoms with Gasteiger partial charge in [0.25, 0.3) is 5.91 Å². The van der Waals surface area contributed by atoms with Crippen molar-refractivity contribution in [1.82, 2.24) is 19.8 Å². The Morgan fingerprint density at radius 2 is 1.74 bits per heavy atom. The first-order chi connectivity index (χ1) is 16.9.